The summed E-state index contributed by atoms with van der Waals surface area (Å²) in [6.45, 7) is 7.54. The molecule has 1 aromatic carbocycles. The number of hydrogen-bond acceptors (Lipinski definition) is 3. The van der Waals surface area contributed by atoms with E-state index in [0.29, 0.717) is 11.4 Å². The average molecular weight is 280 g/mol. The number of anilines is 1. The molecule has 1 amide bonds. The number of aryl methyl sites for hydroxylation is 1. The second-order valence-corrected chi connectivity index (χ2v) is 5.78. The van der Waals surface area contributed by atoms with Crippen LogP contribution in [-0.4, -0.2) is 17.2 Å². The SMILES string of the molecule is CC(=O)N/N=C1/Cc2c(C)ccc(Cl)c2NC1(C)C. The molecular weight excluding hydrogens is 262 g/mol. The minimum Gasteiger partial charge on any atom is -0.373 e. The maximum Gasteiger partial charge on any atom is 0.236 e. The Kier molecular flexibility index (Phi) is 3.54. The third-order valence-electron chi connectivity index (χ3n) is 3.35. The number of benzene rings is 1. The van der Waals surface area contributed by atoms with Gasteiger partial charge in [0.15, 0.2) is 0 Å². The Labute approximate surface area is 118 Å². The van der Waals surface area contributed by atoms with Gasteiger partial charge in [-0.3, -0.25) is 4.79 Å². The van der Waals surface area contributed by atoms with Crippen LogP contribution in [0.2, 0.25) is 5.02 Å². The molecule has 0 aliphatic carbocycles. The van der Waals surface area contributed by atoms with Gasteiger partial charge in [0.25, 0.3) is 0 Å². The minimum atomic E-state index is -0.340. The molecule has 0 aromatic heterocycles. The number of nitrogens with zero attached hydrogens (tertiary/aromatic N) is 1. The van der Waals surface area contributed by atoms with Gasteiger partial charge in [0.1, 0.15) is 0 Å². The Balaban J connectivity index is 2.45. The number of rotatable bonds is 1. The molecule has 2 rings (SSSR count). The first-order valence-electron chi connectivity index (χ1n) is 6.21. The number of amides is 1. The smallest absolute Gasteiger partial charge is 0.236 e. The summed E-state index contributed by atoms with van der Waals surface area (Å²) in [4.78, 5) is 11.0. The van der Waals surface area contributed by atoms with E-state index in [9.17, 15) is 4.79 Å². The van der Waals surface area contributed by atoms with Gasteiger partial charge in [0, 0.05) is 13.3 Å². The molecule has 0 radical (unpaired) electrons. The molecule has 19 heavy (non-hydrogen) atoms. The molecule has 1 heterocycles. The number of halogens is 1. The minimum absolute atomic E-state index is 0.170. The summed E-state index contributed by atoms with van der Waals surface area (Å²) in [6, 6.07) is 3.89. The molecule has 0 saturated heterocycles. The Morgan fingerprint density at radius 3 is 2.79 bits per heavy atom. The van der Waals surface area contributed by atoms with E-state index in [-0.39, 0.29) is 11.4 Å². The maximum absolute atomic E-state index is 11.0. The van der Waals surface area contributed by atoms with E-state index in [1.807, 2.05) is 32.9 Å². The van der Waals surface area contributed by atoms with Crippen LogP contribution in [-0.2, 0) is 11.2 Å². The largest absolute Gasteiger partial charge is 0.373 e. The number of nitrogens with one attached hydrogen (secondary N) is 2. The van der Waals surface area contributed by atoms with Crippen LogP contribution >= 0.6 is 11.6 Å². The summed E-state index contributed by atoms with van der Waals surface area (Å²) in [5.41, 5.74) is 6.33. The van der Waals surface area contributed by atoms with Crippen LogP contribution in [0.15, 0.2) is 17.2 Å². The van der Waals surface area contributed by atoms with Crippen molar-refractivity contribution in [2.75, 3.05) is 5.32 Å². The van der Waals surface area contributed by atoms with Crippen molar-refractivity contribution in [3.8, 4) is 0 Å². The van der Waals surface area contributed by atoms with Gasteiger partial charge in [-0.25, -0.2) is 5.43 Å². The van der Waals surface area contributed by atoms with E-state index in [1.54, 1.807) is 0 Å². The van der Waals surface area contributed by atoms with Crippen molar-refractivity contribution >= 4 is 28.9 Å². The number of carbonyl (C=O) groups is 1. The van der Waals surface area contributed by atoms with Gasteiger partial charge >= 0.3 is 0 Å². The lowest BCUT2D eigenvalue weighted by Gasteiger charge is -2.36. The van der Waals surface area contributed by atoms with Gasteiger partial charge < -0.3 is 5.32 Å². The topological polar surface area (TPSA) is 53.5 Å². The monoisotopic (exact) mass is 279 g/mol. The van der Waals surface area contributed by atoms with Gasteiger partial charge in [0.2, 0.25) is 5.91 Å². The van der Waals surface area contributed by atoms with E-state index in [0.717, 1.165) is 22.5 Å². The molecule has 0 saturated carbocycles. The molecule has 0 fully saturated rings. The molecule has 5 heteroatoms. The van der Waals surface area contributed by atoms with Crippen molar-refractivity contribution in [1.82, 2.24) is 5.43 Å². The Hall–Kier alpha value is -1.55. The lowest BCUT2D eigenvalue weighted by Crippen LogP contribution is -2.46. The third-order valence-corrected chi connectivity index (χ3v) is 3.66. The van der Waals surface area contributed by atoms with Gasteiger partial charge in [-0.2, -0.15) is 5.10 Å². The predicted octanol–water partition coefficient (Wildman–Crippen LogP) is 2.89. The lowest BCUT2D eigenvalue weighted by atomic mass is 9.85. The van der Waals surface area contributed by atoms with E-state index in [2.05, 4.69) is 15.8 Å². The standard InChI is InChI=1S/C14H18ClN3O/c1-8-5-6-11(15)13-10(8)7-12(14(3,4)16-13)18-17-9(2)19/h5-6,16H,7H2,1-4H3,(H,17,19)/b18-12-. The summed E-state index contributed by atoms with van der Waals surface area (Å²) >= 11 is 6.24. The summed E-state index contributed by atoms with van der Waals surface area (Å²) in [6.07, 6.45) is 0.683. The maximum atomic E-state index is 11.0. The lowest BCUT2D eigenvalue weighted by molar-refractivity contribution is -0.118. The molecule has 102 valence electrons. The molecule has 0 unspecified atom stereocenters. The van der Waals surface area contributed by atoms with Crippen molar-refractivity contribution in [2.24, 2.45) is 5.10 Å². The van der Waals surface area contributed by atoms with Gasteiger partial charge in [-0.1, -0.05) is 17.7 Å². The normalized spacial score (nSPS) is 18.7. The molecule has 2 N–H and O–H groups in total. The highest BCUT2D eigenvalue weighted by molar-refractivity contribution is 6.33. The first kappa shape index (κ1) is 13.9. The van der Waals surface area contributed by atoms with E-state index in [4.69, 9.17) is 11.6 Å². The van der Waals surface area contributed by atoms with Crippen LogP contribution in [0.25, 0.3) is 0 Å². The predicted molar refractivity (Wildman–Crippen MR) is 78.8 cm³/mol. The highest BCUT2D eigenvalue weighted by Gasteiger charge is 2.33. The number of hydrazone groups is 1. The zero-order chi connectivity index (χ0) is 14.2. The first-order chi connectivity index (χ1) is 8.81. The first-order valence-corrected chi connectivity index (χ1v) is 6.59. The van der Waals surface area contributed by atoms with Crippen LogP contribution in [0.1, 0.15) is 31.9 Å². The number of carbonyl (C=O) groups excluding carboxylic acids is 1. The van der Waals surface area contributed by atoms with Crippen LogP contribution < -0.4 is 10.7 Å². The highest BCUT2D eigenvalue weighted by Crippen LogP contribution is 2.36. The number of hydrogen-bond donors (Lipinski definition) is 2. The fraction of sp³-hybridized carbons (Fsp3) is 0.429. The van der Waals surface area contributed by atoms with Crippen LogP contribution in [0.5, 0.6) is 0 Å². The van der Waals surface area contributed by atoms with Crippen molar-refractivity contribution < 1.29 is 4.79 Å². The summed E-state index contributed by atoms with van der Waals surface area (Å²) in [5.74, 6) is -0.170. The molecule has 1 aliphatic rings. The van der Waals surface area contributed by atoms with Crippen LogP contribution in [0.4, 0.5) is 5.69 Å². The summed E-state index contributed by atoms with van der Waals surface area (Å²) in [7, 11) is 0. The second kappa shape index (κ2) is 4.85. The van der Waals surface area contributed by atoms with Crippen molar-refractivity contribution in [3.63, 3.8) is 0 Å². The number of fused-ring (bicyclic) bond motifs is 1. The second-order valence-electron chi connectivity index (χ2n) is 5.37. The van der Waals surface area contributed by atoms with Gasteiger partial charge in [0.05, 0.1) is 22.0 Å². The van der Waals surface area contributed by atoms with E-state index < -0.39 is 0 Å². The fourth-order valence-electron chi connectivity index (χ4n) is 2.18. The molecule has 1 aromatic rings. The zero-order valence-electron chi connectivity index (χ0n) is 11.6. The van der Waals surface area contributed by atoms with Crippen molar-refractivity contribution in [3.05, 3.63) is 28.3 Å². The molecule has 1 aliphatic heterocycles. The zero-order valence-corrected chi connectivity index (χ0v) is 12.4. The Bertz CT molecular complexity index is 564. The van der Waals surface area contributed by atoms with Gasteiger partial charge in [-0.05, 0) is 38.0 Å². The summed E-state index contributed by atoms with van der Waals surface area (Å²) < 4.78 is 0. The van der Waals surface area contributed by atoms with E-state index >= 15 is 0 Å². The summed E-state index contributed by atoms with van der Waals surface area (Å²) in [5, 5.41) is 8.34. The molecule has 0 bridgehead atoms. The van der Waals surface area contributed by atoms with Crippen molar-refractivity contribution in [1.29, 1.82) is 0 Å². The molecule has 0 atom stereocenters. The molecule has 4 nitrogen and oxygen atoms in total. The van der Waals surface area contributed by atoms with Gasteiger partial charge in [-0.15, -0.1) is 0 Å². The van der Waals surface area contributed by atoms with E-state index in [1.165, 1.54) is 6.92 Å². The highest BCUT2D eigenvalue weighted by atomic mass is 35.5. The Morgan fingerprint density at radius 2 is 2.16 bits per heavy atom. The van der Waals surface area contributed by atoms with Crippen LogP contribution in [0.3, 0.4) is 0 Å². The Morgan fingerprint density at radius 1 is 1.47 bits per heavy atom. The average Bonchev–Trinajstić information content (AvgIpc) is 2.31. The third kappa shape index (κ3) is 2.73. The fourth-order valence-corrected chi connectivity index (χ4v) is 2.41. The van der Waals surface area contributed by atoms with Crippen LogP contribution in [0, 0.1) is 6.92 Å². The van der Waals surface area contributed by atoms with Crippen molar-refractivity contribution in [2.45, 2.75) is 39.7 Å². The molecule has 0 spiro atoms. The quantitative estimate of drug-likeness (QED) is 0.777. The molecular formula is C14H18ClN3O.